The number of aromatic nitrogens is 2. The molecule has 0 radical (unpaired) electrons. The topological polar surface area (TPSA) is 66.4 Å². The van der Waals surface area contributed by atoms with Crippen molar-refractivity contribution in [3.8, 4) is 0 Å². The van der Waals surface area contributed by atoms with E-state index in [4.69, 9.17) is 11.6 Å². The van der Waals surface area contributed by atoms with E-state index in [2.05, 4.69) is 10.2 Å². The molecule has 0 bridgehead atoms. The number of halogens is 1. The molecule has 6 nitrogen and oxygen atoms in total. The van der Waals surface area contributed by atoms with Crippen LogP contribution in [0.5, 0.6) is 0 Å². The van der Waals surface area contributed by atoms with E-state index in [0.717, 1.165) is 22.8 Å². The molecule has 2 aromatic heterocycles. The SMILES string of the molecule is Cc1ccc(N2CC(N(C)S(=O)(=O)c3ccc(Cl)s3)C2)nn1. The summed E-state index contributed by atoms with van der Waals surface area (Å²) in [5.74, 6) is 0.770. The molecule has 118 valence electrons. The van der Waals surface area contributed by atoms with E-state index in [1.807, 2.05) is 24.0 Å². The number of rotatable bonds is 4. The van der Waals surface area contributed by atoms with Gasteiger partial charge < -0.3 is 4.90 Å². The maximum atomic E-state index is 12.5. The number of nitrogens with zero attached hydrogens (tertiary/aromatic N) is 4. The maximum Gasteiger partial charge on any atom is 0.252 e. The summed E-state index contributed by atoms with van der Waals surface area (Å²) in [6.45, 7) is 3.08. The summed E-state index contributed by atoms with van der Waals surface area (Å²) in [6.07, 6.45) is 0. The van der Waals surface area contributed by atoms with Crippen molar-refractivity contribution in [3.63, 3.8) is 0 Å². The van der Waals surface area contributed by atoms with Gasteiger partial charge in [-0.05, 0) is 31.2 Å². The average molecular weight is 359 g/mol. The molecular formula is C13H15ClN4O2S2. The van der Waals surface area contributed by atoms with E-state index in [0.29, 0.717) is 17.4 Å². The lowest BCUT2D eigenvalue weighted by molar-refractivity contribution is 0.309. The van der Waals surface area contributed by atoms with E-state index in [1.54, 1.807) is 19.2 Å². The van der Waals surface area contributed by atoms with Crippen molar-refractivity contribution in [2.45, 2.75) is 17.2 Å². The number of thiophene rings is 1. The molecule has 3 rings (SSSR count). The Labute approximate surface area is 138 Å². The van der Waals surface area contributed by atoms with Crippen molar-refractivity contribution in [2.24, 2.45) is 0 Å². The summed E-state index contributed by atoms with van der Waals surface area (Å²) in [4.78, 5) is 2.00. The van der Waals surface area contributed by atoms with Gasteiger partial charge in [-0.25, -0.2) is 8.42 Å². The van der Waals surface area contributed by atoms with Crippen molar-refractivity contribution in [2.75, 3.05) is 25.0 Å². The van der Waals surface area contributed by atoms with Crippen molar-refractivity contribution in [3.05, 3.63) is 34.3 Å². The number of hydrogen-bond acceptors (Lipinski definition) is 6. The normalized spacial score (nSPS) is 16.1. The molecule has 2 aromatic rings. The summed E-state index contributed by atoms with van der Waals surface area (Å²) in [7, 11) is -1.88. The lowest BCUT2D eigenvalue weighted by atomic mass is 10.1. The van der Waals surface area contributed by atoms with Crippen LogP contribution >= 0.6 is 22.9 Å². The third-order valence-electron chi connectivity index (χ3n) is 3.67. The highest BCUT2D eigenvalue weighted by atomic mass is 35.5. The number of hydrogen-bond donors (Lipinski definition) is 0. The zero-order chi connectivity index (χ0) is 15.9. The largest absolute Gasteiger partial charge is 0.352 e. The Morgan fingerprint density at radius 3 is 2.55 bits per heavy atom. The van der Waals surface area contributed by atoms with Gasteiger partial charge in [0.1, 0.15) is 4.21 Å². The van der Waals surface area contributed by atoms with E-state index >= 15 is 0 Å². The monoisotopic (exact) mass is 358 g/mol. The number of anilines is 1. The Morgan fingerprint density at radius 2 is 2.00 bits per heavy atom. The first-order valence-corrected chi connectivity index (χ1v) is 9.30. The first kappa shape index (κ1) is 15.7. The molecule has 0 N–H and O–H groups in total. The summed E-state index contributed by atoms with van der Waals surface area (Å²) in [6, 6.07) is 6.85. The second-order valence-electron chi connectivity index (χ2n) is 5.17. The van der Waals surface area contributed by atoms with Crippen LogP contribution in [0, 0.1) is 6.92 Å². The van der Waals surface area contributed by atoms with Gasteiger partial charge >= 0.3 is 0 Å². The minimum absolute atomic E-state index is 0.0750. The molecule has 0 unspecified atom stereocenters. The second-order valence-corrected chi connectivity index (χ2v) is 9.11. The van der Waals surface area contributed by atoms with Gasteiger partial charge in [0.25, 0.3) is 10.0 Å². The lowest BCUT2D eigenvalue weighted by Gasteiger charge is -2.43. The molecule has 1 aliphatic rings. The van der Waals surface area contributed by atoms with Gasteiger partial charge in [0, 0.05) is 20.1 Å². The molecule has 0 atom stereocenters. The zero-order valence-electron chi connectivity index (χ0n) is 12.1. The van der Waals surface area contributed by atoms with Crippen LogP contribution in [0.15, 0.2) is 28.5 Å². The first-order valence-electron chi connectivity index (χ1n) is 6.66. The standard InChI is InChI=1S/C13H15ClN4O2S2/c1-9-3-5-12(16-15-9)18-7-10(8-18)17(2)22(19,20)13-6-4-11(14)21-13/h3-6,10H,7-8H2,1-2H3. The van der Waals surface area contributed by atoms with Gasteiger partial charge in [0.2, 0.25) is 0 Å². The number of sulfonamides is 1. The quantitative estimate of drug-likeness (QED) is 0.836. The van der Waals surface area contributed by atoms with Gasteiger partial charge in [0.05, 0.1) is 16.1 Å². The molecule has 1 saturated heterocycles. The van der Waals surface area contributed by atoms with Crippen LogP contribution in [0.4, 0.5) is 5.82 Å². The molecular weight excluding hydrogens is 344 g/mol. The van der Waals surface area contributed by atoms with E-state index in [9.17, 15) is 8.42 Å². The van der Waals surface area contributed by atoms with Gasteiger partial charge in [-0.2, -0.15) is 9.40 Å². The minimum Gasteiger partial charge on any atom is -0.352 e. The lowest BCUT2D eigenvalue weighted by Crippen LogP contribution is -2.59. The molecule has 3 heterocycles. The Hall–Kier alpha value is -1.22. The van der Waals surface area contributed by atoms with Crippen molar-refractivity contribution < 1.29 is 8.42 Å². The van der Waals surface area contributed by atoms with Gasteiger partial charge in [-0.3, -0.25) is 0 Å². The molecule has 22 heavy (non-hydrogen) atoms. The fourth-order valence-corrected chi connectivity index (χ4v) is 5.21. The van der Waals surface area contributed by atoms with E-state index in [-0.39, 0.29) is 10.3 Å². The fraction of sp³-hybridized carbons (Fsp3) is 0.385. The molecule has 0 saturated carbocycles. The predicted octanol–water partition coefficient (Wildman–Crippen LogP) is 2.01. The number of likely N-dealkylation sites (N-methyl/N-ethyl adjacent to an activating group) is 1. The molecule has 1 aliphatic heterocycles. The van der Waals surface area contributed by atoms with Gasteiger partial charge in [0.15, 0.2) is 5.82 Å². The smallest absolute Gasteiger partial charge is 0.252 e. The van der Waals surface area contributed by atoms with Crippen LogP contribution in [-0.4, -0.2) is 49.1 Å². The van der Waals surface area contributed by atoms with Gasteiger partial charge in [-0.1, -0.05) is 11.6 Å². The van der Waals surface area contributed by atoms with E-state index in [1.165, 1.54) is 4.31 Å². The molecule has 0 spiro atoms. The van der Waals surface area contributed by atoms with Crippen molar-refractivity contribution >= 4 is 38.8 Å². The van der Waals surface area contributed by atoms with E-state index < -0.39 is 10.0 Å². The minimum atomic E-state index is -3.49. The Bertz CT molecular complexity index is 770. The van der Waals surface area contributed by atoms with Crippen LogP contribution < -0.4 is 4.90 Å². The summed E-state index contributed by atoms with van der Waals surface area (Å²) in [5.41, 5.74) is 0.857. The predicted molar refractivity (Wildman–Crippen MR) is 87.0 cm³/mol. The van der Waals surface area contributed by atoms with Crippen molar-refractivity contribution in [1.82, 2.24) is 14.5 Å². The summed E-state index contributed by atoms with van der Waals surface area (Å²) >= 11 is 6.90. The van der Waals surface area contributed by atoms with Gasteiger partial charge in [-0.15, -0.1) is 16.4 Å². The summed E-state index contributed by atoms with van der Waals surface area (Å²) in [5, 5.41) is 8.12. The van der Waals surface area contributed by atoms with Crippen LogP contribution in [0.2, 0.25) is 4.34 Å². The van der Waals surface area contributed by atoms with Crippen LogP contribution in [-0.2, 0) is 10.0 Å². The Morgan fingerprint density at radius 1 is 1.27 bits per heavy atom. The maximum absolute atomic E-state index is 12.5. The number of aryl methyl sites for hydroxylation is 1. The average Bonchev–Trinajstić information content (AvgIpc) is 2.86. The second kappa shape index (κ2) is 5.77. The zero-order valence-corrected chi connectivity index (χ0v) is 14.5. The molecule has 9 heteroatoms. The third-order valence-corrected chi connectivity index (χ3v) is 7.27. The highest BCUT2D eigenvalue weighted by Gasteiger charge is 2.37. The molecule has 0 aliphatic carbocycles. The fourth-order valence-electron chi connectivity index (χ4n) is 2.21. The summed E-state index contributed by atoms with van der Waals surface area (Å²) < 4.78 is 27.1. The molecule has 0 aromatic carbocycles. The molecule has 1 fully saturated rings. The van der Waals surface area contributed by atoms with Crippen molar-refractivity contribution in [1.29, 1.82) is 0 Å². The Kier molecular flexibility index (Phi) is 4.11. The highest BCUT2D eigenvalue weighted by Crippen LogP contribution is 2.30. The van der Waals surface area contributed by atoms with Crippen LogP contribution in [0.3, 0.4) is 0 Å². The highest BCUT2D eigenvalue weighted by molar-refractivity contribution is 7.91. The third kappa shape index (κ3) is 2.83. The van der Waals surface area contributed by atoms with Crippen LogP contribution in [0.25, 0.3) is 0 Å². The Balaban J connectivity index is 1.68. The van der Waals surface area contributed by atoms with Crippen LogP contribution in [0.1, 0.15) is 5.69 Å². The molecule has 0 amide bonds. The first-order chi connectivity index (χ1) is 10.4.